The summed E-state index contributed by atoms with van der Waals surface area (Å²) in [7, 11) is 4.03. The number of nitrogens with one attached hydrogen (secondary N) is 2. The Labute approximate surface area is 126 Å². The van der Waals surface area contributed by atoms with Gasteiger partial charge in [-0.1, -0.05) is 19.9 Å². The summed E-state index contributed by atoms with van der Waals surface area (Å²) in [4.78, 5) is 14.7. The van der Waals surface area contributed by atoms with Crippen LogP contribution in [0.2, 0.25) is 0 Å². The van der Waals surface area contributed by atoms with Gasteiger partial charge in [-0.15, -0.1) is 0 Å². The number of hydrogen-bond acceptors (Lipinski definition) is 4. The summed E-state index contributed by atoms with van der Waals surface area (Å²) in [5.74, 6) is 0.958. The molecule has 1 atom stereocenters. The van der Waals surface area contributed by atoms with E-state index in [9.17, 15) is 4.79 Å². The molecule has 0 aliphatic carbocycles. The number of carbonyl (C=O) groups is 1. The maximum absolute atomic E-state index is 12.6. The van der Waals surface area contributed by atoms with Crippen molar-refractivity contribution < 1.29 is 9.53 Å². The summed E-state index contributed by atoms with van der Waals surface area (Å²) in [5, 5.41) is 6.38. The van der Waals surface area contributed by atoms with Gasteiger partial charge in [0.1, 0.15) is 6.61 Å². The summed E-state index contributed by atoms with van der Waals surface area (Å²) in [6, 6.07) is 5.74. The van der Waals surface area contributed by atoms with Crippen molar-refractivity contribution in [2.24, 2.45) is 5.92 Å². The number of amides is 1. The number of fused-ring (bicyclic) bond motifs is 1. The Hall–Kier alpha value is -1.75. The molecule has 1 unspecified atom stereocenters. The topological polar surface area (TPSA) is 53.6 Å². The Bertz CT molecular complexity index is 500. The fourth-order valence-electron chi connectivity index (χ4n) is 2.41. The van der Waals surface area contributed by atoms with E-state index >= 15 is 0 Å². The molecule has 0 aromatic heterocycles. The third-order valence-corrected chi connectivity index (χ3v) is 3.61. The Kier molecular flexibility index (Phi) is 5.07. The molecule has 0 saturated carbocycles. The van der Waals surface area contributed by atoms with Crippen LogP contribution in [0.4, 0.5) is 5.69 Å². The van der Waals surface area contributed by atoms with Gasteiger partial charge in [-0.2, -0.15) is 0 Å². The molecule has 0 saturated heterocycles. The molecule has 21 heavy (non-hydrogen) atoms. The lowest BCUT2D eigenvalue weighted by Crippen LogP contribution is -2.45. The van der Waals surface area contributed by atoms with Crippen molar-refractivity contribution in [2.75, 3.05) is 39.1 Å². The fourth-order valence-corrected chi connectivity index (χ4v) is 2.41. The number of likely N-dealkylation sites (N-methyl/N-ethyl adjacent to an activating group) is 1. The summed E-state index contributed by atoms with van der Waals surface area (Å²) in [5.41, 5.74) is 1.49. The quantitative estimate of drug-likeness (QED) is 0.869. The third-order valence-electron chi connectivity index (χ3n) is 3.61. The average Bonchev–Trinajstić information content (AvgIpc) is 2.45. The van der Waals surface area contributed by atoms with Crippen molar-refractivity contribution in [2.45, 2.75) is 19.9 Å². The van der Waals surface area contributed by atoms with Gasteiger partial charge in [-0.05, 0) is 32.1 Å². The number of para-hydroxylation sites is 1. The first-order valence-corrected chi connectivity index (χ1v) is 7.44. The maximum Gasteiger partial charge on any atom is 0.255 e. The van der Waals surface area contributed by atoms with Crippen molar-refractivity contribution in [3.63, 3.8) is 0 Å². The van der Waals surface area contributed by atoms with Crippen molar-refractivity contribution in [1.82, 2.24) is 10.2 Å². The van der Waals surface area contributed by atoms with Crippen LogP contribution in [0.3, 0.4) is 0 Å². The normalized spacial score (nSPS) is 15.1. The molecule has 1 aliphatic rings. The van der Waals surface area contributed by atoms with Gasteiger partial charge in [0.25, 0.3) is 5.91 Å². The highest BCUT2D eigenvalue weighted by molar-refractivity contribution is 5.99. The predicted octanol–water partition coefficient (Wildman–Crippen LogP) is 1.81. The molecule has 1 heterocycles. The van der Waals surface area contributed by atoms with Crippen LogP contribution in [0.25, 0.3) is 0 Å². The van der Waals surface area contributed by atoms with E-state index in [2.05, 4.69) is 29.4 Å². The SMILES string of the molecule is CC(C)C(CN(C)C)NC(=O)c1cccc2c1OCCN2. The summed E-state index contributed by atoms with van der Waals surface area (Å²) < 4.78 is 5.67. The second-order valence-electron chi connectivity index (χ2n) is 6.04. The zero-order chi connectivity index (χ0) is 15.4. The highest BCUT2D eigenvalue weighted by Gasteiger charge is 2.22. The lowest BCUT2D eigenvalue weighted by atomic mass is 10.0. The fraction of sp³-hybridized carbons (Fsp3) is 0.562. The van der Waals surface area contributed by atoms with Gasteiger partial charge >= 0.3 is 0 Å². The summed E-state index contributed by atoms with van der Waals surface area (Å²) >= 11 is 0. The van der Waals surface area contributed by atoms with E-state index in [1.807, 2.05) is 32.3 Å². The minimum Gasteiger partial charge on any atom is -0.489 e. The van der Waals surface area contributed by atoms with Gasteiger partial charge < -0.3 is 20.3 Å². The second-order valence-corrected chi connectivity index (χ2v) is 6.04. The van der Waals surface area contributed by atoms with E-state index in [-0.39, 0.29) is 11.9 Å². The molecular weight excluding hydrogens is 266 g/mol. The Morgan fingerprint density at radius 2 is 2.19 bits per heavy atom. The van der Waals surface area contributed by atoms with Crippen LogP contribution in [0.15, 0.2) is 18.2 Å². The minimum atomic E-state index is -0.0731. The van der Waals surface area contributed by atoms with Crippen LogP contribution in [0.5, 0.6) is 5.75 Å². The second kappa shape index (κ2) is 6.80. The lowest BCUT2D eigenvalue weighted by Gasteiger charge is -2.27. The third kappa shape index (κ3) is 3.88. The Morgan fingerprint density at radius 1 is 1.43 bits per heavy atom. The Morgan fingerprint density at radius 3 is 2.86 bits per heavy atom. The van der Waals surface area contributed by atoms with Crippen LogP contribution < -0.4 is 15.4 Å². The minimum absolute atomic E-state index is 0.0731. The molecule has 2 N–H and O–H groups in total. The van der Waals surface area contributed by atoms with Gasteiger partial charge in [-0.25, -0.2) is 0 Å². The molecule has 0 bridgehead atoms. The van der Waals surface area contributed by atoms with Crippen LogP contribution in [0.1, 0.15) is 24.2 Å². The van der Waals surface area contributed by atoms with Crippen LogP contribution in [-0.4, -0.2) is 50.6 Å². The van der Waals surface area contributed by atoms with Gasteiger partial charge in [0.2, 0.25) is 0 Å². The molecular formula is C16H25N3O2. The molecule has 0 radical (unpaired) electrons. The number of ether oxygens (including phenoxy) is 1. The standard InChI is InChI=1S/C16H25N3O2/c1-11(2)14(10-19(3)4)18-16(20)12-6-5-7-13-15(12)21-9-8-17-13/h5-7,11,14,17H,8-10H2,1-4H3,(H,18,20). The highest BCUT2D eigenvalue weighted by Crippen LogP contribution is 2.31. The van der Waals surface area contributed by atoms with Crippen LogP contribution in [0, 0.1) is 5.92 Å². The Balaban J connectivity index is 2.16. The number of rotatable bonds is 5. The van der Waals surface area contributed by atoms with E-state index in [0.29, 0.717) is 23.8 Å². The lowest BCUT2D eigenvalue weighted by molar-refractivity contribution is 0.0912. The molecule has 116 valence electrons. The number of anilines is 1. The van der Waals surface area contributed by atoms with Crippen LogP contribution in [-0.2, 0) is 0 Å². The van der Waals surface area contributed by atoms with Gasteiger partial charge in [0.15, 0.2) is 5.75 Å². The molecule has 1 aliphatic heterocycles. The van der Waals surface area contributed by atoms with Gasteiger partial charge in [-0.3, -0.25) is 4.79 Å². The predicted molar refractivity (Wildman–Crippen MR) is 85.1 cm³/mol. The molecule has 1 aromatic carbocycles. The first-order valence-electron chi connectivity index (χ1n) is 7.44. The van der Waals surface area contributed by atoms with Crippen molar-refractivity contribution in [3.05, 3.63) is 23.8 Å². The molecule has 0 spiro atoms. The molecule has 1 aromatic rings. The zero-order valence-electron chi connectivity index (χ0n) is 13.3. The summed E-state index contributed by atoms with van der Waals surface area (Å²) in [6.07, 6.45) is 0. The largest absolute Gasteiger partial charge is 0.489 e. The highest BCUT2D eigenvalue weighted by atomic mass is 16.5. The molecule has 1 amide bonds. The van der Waals surface area contributed by atoms with Crippen molar-refractivity contribution >= 4 is 11.6 Å². The van der Waals surface area contributed by atoms with E-state index in [1.165, 1.54) is 0 Å². The van der Waals surface area contributed by atoms with Crippen molar-refractivity contribution in [1.29, 1.82) is 0 Å². The zero-order valence-corrected chi connectivity index (χ0v) is 13.3. The number of benzene rings is 1. The monoisotopic (exact) mass is 291 g/mol. The van der Waals surface area contributed by atoms with E-state index in [4.69, 9.17) is 4.74 Å². The molecule has 5 nitrogen and oxygen atoms in total. The average molecular weight is 291 g/mol. The van der Waals surface area contributed by atoms with E-state index < -0.39 is 0 Å². The van der Waals surface area contributed by atoms with E-state index in [1.54, 1.807) is 0 Å². The number of nitrogens with zero attached hydrogens (tertiary/aromatic N) is 1. The van der Waals surface area contributed by atoms with Gasteiger partial charge in [0.05, 0.1) is 11.3 Å². The first kappa shape index (κ1) is 15.6. The summed E-state index contributed by atoms with van der Waals surface area (Å²) in [6.45, 7) is 6.41. The first-order chi connectivity index (χ1) is 9.99. The molecule has 5 heteroatoms. The number of hydrogen-bond donors (Lipinski definition) is 2. The smallest absolute Gasteiger partial charge is 0.255 e. The van der Waals surface area contributed by atoms with E-state index in [0.717, 1.165) is 18.8 Å². The van der Waals surface area contributed by atoms with Gasteiger partial charge in [0, 0.05) is 19.1 Å². The molecule has 0 fully saturated rings. The maximum atomic E-state index is 12.6. The molecule has 2 rings (SSSR count). The van der Waals surface area contributed by atoms with Crippen molar-refractivity contribution in [3.8, 4) is 5.75 Å². The number of carbonyl (C=O) groups excluding carboxylic acids is 1. The van der Waals surface area contributed by atoms with Crippen LogP contribution >= 0.6 is 0 Å².